The third-order valence-electron chi connectivity index (χ3n) is 3.02. The quantitative estimate of drug-likeness (QED) is 0.457. The Morgan fingerprint density at radius 2 is 1.70 bits per heavy atom. The fourth-order valence-corrected chi connectivity index (χ4v) is 1.77. The largest absolute Gasteiger partial charge is 0.279 e. The molecule has 1 aromatic carbocycles. The van der Waals surface area contributed by atoms with Gasteiger partial charge in [0.25, 0.3) is 0 Å². The van der Waals surface area contributed by atoms with E-state index in [0.717, 1.165) is 24.3 Å². The Morgan fingerprint density at radius 1 is 1.05 bits per heavy atom. The molecule has 0 fully saturated rings. The fraction of sp³-hybridized carbons (Fsp3) is 0.294. The topological polar surface area (TPSA) is 28.0 Å². The van der Waals surface area contributed by atoms with E-state index >= 15 is 0 Å². The Kier molecular flexibility index (Phi) is 5.14. The molecule has 102 valence electrons. The molecule has 0 spiro atoms. The smallest absolute Gasteiger partial charge is 0.0875 e. The first kappa shape index (κ1) is 14.1. The van der Waals surface area contributed by atoms with Gasteiger partial charge in [-0.1, -0.05) is 41.4 Å². The Balaban J connectivity index is 1.99. The van der Waals surface area contributed by atoms with E-state index < -0.39 is 0 Å². The third kappa shape index (κ3) is 4.10. The van der Waals surface area contributed by atoms with E-state index in [9.17, 15) is 0 Å². The molecule has 1 aromatic rings. The van der Waals surface area contributed by atoms with Crippen molar-refractivity contribution in [2.45, 2.75) is 13.8 Å². The third-order valence-corrected chi connectivity index (χ3v) is 3.02. The maximum absolute atomic E-state index is 4.21. The van der Waals surface area contributed by atoms with Gasteiger partial charge in [-0.05, 0) is 38.1 Å². The van der Waals surface area contributed by atoms with Crippen molar-refractivity contribution in [1.82, 2.24) is 5.01 Å². The summed E-state index contributed by atoms with van der Waals surface area (Å²) in [5.41, 5.74) is 1.85. The molecular formula is C17H19N3. The highest BCUT2D eigenvalue weighted by Crippen LogP contribution is 2.14. The molecule has 0 saturated carbocycles. The second-order valence-electron chi connectivity index (χ2n) is 4.44. The molecule has 0 amide bonds. The van der Waals surface area contributed by atoms with Crippen LogP contribution < -0.4 is 0 Å². The molecule has 0 atom stereocenters. The van der Waals surface area contributed by atoms with Crippen LogP contribution >= 0.6 is 0 Å². The number of benzene rings is 1. The number of rotatable bonds is 4. The molecule has 0 heterocycles. The number of allylic oxidation sites excluding steroid dienone is 4. The Hall–Kier alpha value is -2.34. The minimum Gasteiger partial charge on any atom is -0.279 e. The van der Waals surface area contributed by atoms with Gasteiger partial charge in [-0.25, -0.2) is 0 Å². The predicted octanol–water partition coefficient (Wildman–Crippen LogP) is 4.12. The monoisotopic (exact) mass is 265 g/mol. The maximum Gasteiger partial charge on any atom is 0.0875 e. The van der Waals surface area contributed by atoms with Gasteiger partial charge in [0, 0.05) is 18.7 Å². The fourth-order valence-electron chi connectivity index (χ4n) is 1.77. The van der Waals surface area contributed by atoms with Gasteiger partial charge in [-0.15, -0.1) is 5.11 Å². The molecule has 0 aliphatic heterocycles. The number of nitrogens with zero attached hydrogens (tertiary/aromatic N) is 3. The molecule has 0 aromatic heterocycles. The number of hydrogen-bond donors (Lipinski definition) is 0. The van der Waals surface area contributed by atoms with E-state index in [2.05, 4.69) is 48.2 Å². The summed E-state index contributed by atoms with van der Waals surface area (Å²) in [4.78, 5) is 0. The average molecular weight is 265 g/mol. The van der Waals surface area contributed by atoms with Gasteiger partial charge in [0.05, 0.1) is 11.6 Å². The van der Waals surface area contributed by atoms with Gasteiger partial charge in [-0.3, -0.25) is 5.01 Å². The average Bonchev–Trinajstić information content (AvgIpc) is 3.01. The summed E-state index contributed by atoms with van der Waals surface area (Å²) in [6.45, 7) is 5.86. The molecule has 3 heteroatoms. The van der Waals surface area contributed by atoms with Crippen molar-refractivity contribution in [2.75, 3.05) is 13.1 Å². The van der Waals surface area contributed by atoms with E-state index in [1.807, 2.05) is 41.4 Å². The Morgan fingerprint density at radius 3 is 2.30 bits per heavy atom. The lowest BCUT2D eigenvalue weighted by molar-refractivity contribution is 0.301. The van der Waals surface area contributed by atoms with Crippen LogP contribution in [0.25, 0.3) is 0 Å². The molecule has 2 rings (SSSR count). The number of hydrogen-bond acceptors (Lipinski definition) is 2. The second-order valence-corrected chi connectivity index (χ2v) is 4.44. The van der Waals surface area contributed by atoms with E-state index in [1.54, 1.807) is 0 Å². The summed E-state index contributed by atoms with van der Waals surface area (Å²) in [6.07, 6.45) is 8.21. The summed E-state index contributed by atoms with van der Waals surface area (Å²) >= 11 is 0. The van der Waals surface area contributed by atoms with Gasteiger partial charge in [0.15, 0.2) is 0 Å². The van der Waals surface area contributed by atoms with Crippen molar-refractivity contribution in [3.63, 3.8) is 0 Å². The van der Waals surface area contributed by atoms with Crippen LogP contribution in [0.15, 0.2) is 58.9 Å². The van der Waals surface area contributed by atoms with E-state index in [4.69, 9.17) is 0 Å². The van der Waals surface area contributed by atoms with E-state index in [-0.39, 0.29) is 5.92 Å². The van der Waals surface area contributed by atoms with Crippen molar-refractivity contribution in [1.29, 1.82) is 0 Å². The standard InChI is InChI=1S/C17H19N3/c1-3-20(4-2)19-18-17-13-11-16(12-14-17)10-9-15-7-5-6-8-15/h5-8,11-15H,3-4H2,1-2H3. The minimum atomic E-state index is 0.247. The van der Waals surface area contributed by atoms with E-state index in [1.165, 1.54) is 0 Å². The van der Waals surface area contributed by atoms with Crippen molar-refractivity contribution in [2.24, 2.45) is 16.3 Å². The first-order valence-electron chi connectivity index (χ1n) is 6.95. The lowest BCUT2D eigenvalue weighted by Gasteiger charge is -2.10. The molecule has 0 bridgehead atoms. The zero-order valence-electron chi connectivity index (χ0n) is 12.0. The van der Waals surface area contributed by atoms with Gasteiger partial charge in [0.2, 0.25) is 0 Å². The van der Waals surface area contributed by atoms with Crippen LogP contribution in [0.2, 0.25) is 0 Å². The predicted molar refractivity (Wildman–Crippen MR) is 82.5 cm³/mol. The SMILES string of the molecule is CCN(CC)N=Nc1ccc(C#CC2C=CC=C2)cc1. The van der Waals surface area contributed by atoms with Crippen molar-refractivity contribution >= 4 is 5.69 Å². The minimum absolute atomic E-state index is 0.247. The van der Waals surface area contributed by atoms with E-state index in [0.29, 0.717) is 0 Å². The van der Waals surface area contributed by atoms with Crippen LogP contribution in [0.5, 0.6) is 0 Å². The summed E-state index contributed by atoms with van der Waals surface area (Å²) < 4.78 is 0. The van der Waals surface area contributed by atoms with Crippen LogP contribution in [0, 0.1) is 17.8 Å². The highest BCUT2D eigenvalue weighted by molar-refractivity contribution is 5.45. The van der Waals surface area contributed by atoms with Crippen LogP contribution in [-0.4, -0.2) is 18.1 Å². The molecular weight excluding hydrogens is 246 g/mol. The Bertz CT molecular complexity index is 554. The van der Waals surface area contributed by atoms with Crippen molar-refractivity contribution in [3.05, 3.63) is 54.1 Å². The maximum atomic E-state index is 4.21. The summed E-state index contributed by atoms with van der Waals surface area (Å²) in [6, 6.07) is 7.84. The molecule has 1 aliphatic rings. The highest BCUT2D eigenvalue weighted by Gasteiger charge is 1.97. The van der Waals surface area contributed by atoms with Gasteiger partial charge >= 0.3 is 0 Å². The zero-order valence-corrected chi connectivity index (χ0v) is 12.0. The van der Waals surface area contributed by atoms with Crippen molar-refractivity contribution in [3.8, 4) is 11.8 Å². The highest BCUT2D eigenvalue weighted by atomic mass is 15.5. The molecule has 20 heavy (non-hydrogen) atoms. The lowest BCUT2D eigenvalue weighted by atomic mass is 10.1. The van der Waals surface area contributed by atoms with Gasteiger partial charge in [0.1, 0.15) is 0 Å². The van der Waals surface area contributed by atoms with Crippen LogP contribution in [0.3, 0.4) is 0 Å². The van der Waals surface area contributed by atoms with Crippen molar-refractivity contribution < 1.29 is 0 Å². The summed E-state index contributed by atoms with van der Waals surface area (Å²) in [5, 5.41) is 10.3. The molecule has 0 unspecified atom stereocenters. The molecule has 1 aliphatic carbocycles. The normalized spacial score (nSPS) is 13.7. The second kappa shape index (κ2) is 7.30. The summed E-state index contributed by atoms with van der Waals surface area (Å²) in [5.74, 6) is 6.61. The van der Waals surface area contributed by atoms with Crippen LogP contribution in [-0.2, 0) is 0 Å². The lowest BCUT2D eigenvalue weighted by Crippen LogP contribution is -2.14. The van der Waals surface area contributed by atoms with Gasteiger partial charge in [-0.2, -0.15) is 0 Å². The summed E-state index contributed by atoms with van der Waals surface area (Å²) in [7, 11) is 0. The molecule has 0 saturated heterocycles. The van der Waals surface area contributed by atoms with Gasteiger partial charge < -0.3 is 0 Å². The van der Waals surface area contributed by atoms with Crippen LogP contribution in [0.1, 0.15) is 19.4 Å². The first-order valence-corrected chi connectivity index (χ1v) is 6.95. The Labute approximate surface area is 120 Å². The molecule has 3 nitrogen and oxygen atoms in total. The molecule has 0 N–H and O–H groups in total. The molecule has 0 radical (unpaired) electrons. The zero-order chi connectivity index (χ0) is 14.2. The van der Waals surface area contributed by atoms with Crippen LogP contribution in [0.4, 0.5) is 5.69 Å². The first-order chi connectivity index (χ1) is 9.81.